The summed E-state index contributed by atoms with van der Waals surface area (Å²) in [7, 11) is 0. The van der Waals surface area contributed by atoms with E-state index in [0.717, 1.165) is 5.01 Å². The number of benzene rings is 1. The number of rotatable bonds is 1. The van der Waals surface area contributed by atoms with Gasteiger partial charge in [0.1, 0.15) is 0 Å². The molecule has 0 fully saturated rings. The predicted molar refractivity (Wildman–Crippen MR) is 57.0 cm³/mol. The molecular formula is C10H6ClF3N2O. The normalized spacial score (nSPS) is 16.4. The van der Waals surface area contributed by atoms with E-state index < -0.39 is 24.2 Å². The van der Waals surface area contributed by atoms with Crippen LogP contribution < -0.4 is 5.01 Å². The molecule has 0 atom stereocenters. The fourth-order valence-electron chi connectivity index (χ4n) is 1.37. The van der Waals surface area contributed by atoms with Crippen LogP contribution in [0.3, 0.4) is 0 Å². The van der Waals surface area contributed by atoms with Gasteiger partial charge < -0.3 is 0 Å². The van der Waals surface area contributed by atoms with E-state index in [1.165, 1.54) is 24.3 Å². The number of hydrogen-bond acceptors (Lipinski definition) is 2. The van der Waals surface area contributed by atoms with E-state index in [2.05, 4.69) is 5.10 Å². The van der Waals surface area contributed by atoms with Crippen LogP contribution in [0.15, 0.2) is 29.4 Å². The predicted octanol–water partition coefficient (Wildman–Crippen LogP) is 3.00. The molecule has 0 N–H and O–H groups in total. The molecule has 0 aromatic heterocycles. The van der Waals surface area contributed by atoms with Gasteiger partial charge in [-0.25, -0.2) is 5.01 Å². The molecule has 1 aromatic rings. The zero-order chi connectivity index (χ0) is 12.6. The summed E-state index contributed by atoms with van der Waals surface area (Å²) in [5, 5.41) is 4.44. The Bertz CT molecular complexity index is 481. The smallest absolute Gasteiger partial charge is 0.272 e. The summed E-state index contributed by atoms with van der Waals surface area (Å²) in [6, 6.07) is 5.82. The van der Waals surface area contributed by atoms with Gasteiger partial charge in [-0.15, -0.1) is 0 Å². The third-order valence-electron chi connectivity index (χ3n) is 2.17. The molecule has 0 saturated heterocycles. The maximum Gasteiger partial charge on any atom is 0.431 e. The molecule has 0 spiro atoms. The zero-order valence-electron chi connectivity index (χ0n) is 8.33. The Hall–Kier alpha value is -1.56. The summed E-state index contributed by atoms with van der Waals surface area (Å²) >= 11 is 5.64. The molecular weight excluding hydrogens is 257 g/mol. The number of hydrogen-bond donors (Lipinski definition) is 0. The molecule has 7 heteroatoms. The lowest BCUT2D eigenvalue weighted by Crippen LogP contribution is -2.22. The summed E-state index contributed by atoms with van der Waals surface area (Å²) < 4.78 is 37.1. The summed E-state index contributed by atoms with van der Waals surface area (Å²) in [6.45, 7) is 0. The van der Waals surface area contributed by atoms with Gasteiger partial charge >= 0.3 is 6.18 Å². The first-order valence-electron chi connectivity index (χ1n) is 4.61. The third-order valence-corrected chi connectivity index (χ3v) is 2.43. The topological polar surface area (TPSA) is 32.7 Å². The number of carbonyl (C=O) groups excluding carboxylic acids is 1. The maximum absolute atomic E-state index is 12.4. The van der Waals surface area contributed by atoms with Gasteiger partial charge in [-0.05, 0) is 24.3 Å². The van der Waals surface area contributed by atoms with Crippen molar-refractivity contribution in [3.05, 3.63) is 29.3 Å². The molecule has 1 aliphatic rings. The van der Waals surface area contributed by atoms with Crippen molar-refractivity contribution < 1.29 is 18.0 Å². The summed E-state index contributed by atoms with van der Waals surface area (Å²) in [4.78, 5) is 11.4. The number of anilines is 1. The van der Waals surface area contributed by atoms with Crippen LogP contribution in [0.5, 0.6) is 0 Å². The molecule has 0 bridgehead atoms. The molecule has 0 aliphatic carbocycles. The first-order valence-corrected chi connectivity index (χ1v) is 4.99. The number of alkyl halides is 3. The van der Waals surface area contributed by atoms with Crippen molar-refractivity contribution >= 4 is 28.9 Å². The van der Waals surface area contributed by atoms with Crippen molar-refractivity contribution in [2.45, 2.75) is 12.6 Å². The van der Waals surface area contributed by atoms with E-state index in [-0.39, 0.29) is 5.69 Å². The van der Waals surface area contributed by atoms with Gasteiger partial charge in [0.2, 0.25) is 0 Å². The number of amides is 1. The Morgan fingerprint density at radius 1 is 1.24 bits per heavy atom. The van der Waals surface area contributed by atoms with E-state index in [1.807, 2.05) is 0 Å². The van der Waals surface area contributed by atoms with E-state index in [9.17, 15) is 18.0 Å². The summed E-state index contributed by atoms with van der Waals surface area (Å²) in [5.41, 5.74) is -0.823. The van der Waals surface area contributed by atoms with E-state index in [1.54, 1.807) is 0 Å². The molecule has 1 aliphatic heterocycles. The van der Waals surface area contributed by atoms with Gasteiger partial charge in [-0.1, -0.05) is 11.6 Å². The first kappa shape index (κ1) is 11.9. The second-order valence-corrected chi connectivity index (χ2v) is 3.84. The zero-order valence-corrected chi connectivity index (χ0v) is 9.09. The van der Waals surface area contributed by atoms with Gasteiger partial charge in [-0.2, -0.15) is 18.3 Å². The highest BCUT2D eigenvalue weighted by atomic mass is 35.5. The molecule has 0 radical (unpaired) electrons. The van der Waals surface area contributed by atoms with E-state index in [4.69, 9.17) is 11.6 Å². The minimum absolute atomic E-state index is 0.263. The highest BCUT2D eigenvalue weighted by Crippen LogP contribution is 2.28. The Morgan fingerprint density at radius 3 is 2.29 bits per heavy atom. The monoisotopic (exact) mass is 262 g/mol. The number of hydrazone groups is 1. The van der Waals surface area contributed by atoms with Crippen LogP contribution in [0, 0.1) is 0 Å². The van der Waals surface area contributed by atoms with Crippen molar-refractivity contribution in [3.63, 3.8) is 0 Å². The summed E-state index contributed by atoms with van der Waals surface area (Å²) in [6.07, 6.45) is -5.30. The van der Waals surface area contributed by atoms with Crippen LogP contribution >= 0.6 is 11.6 Å². The Morgan fingerprint density at radius 2 is 1.82 bits per heavy atom. The average molecular weight is 263 g/mol. The molecule has 90 valence electrons. The van der Waals surface area contributed by atoms with Crippen molar-refractivity contribution in [2.75, 3.05) is 5.01 Å². The highest BCUT2D eigenvalue weighted by molar-refractivity contribution is 6.30. The number of carbonyl (C=O) groups is 1. The van der Waals surface area contributed by atoms with Gasteiger partial charge in [-0.3, -0.25) is 4.79 Å². The minimum atomic E-state index is -4.57. The number of nitrogens with zero attached hydrogens (tertiary/aromatic N) is 2. The largest absolute Gasteiger partial charge is 0.431 e. The van der Waals surface area contributed by atoms with Crippen LogP contribution in [-0.2, 0) is 4.79 Å². The van der Waals surface area contributed by atoms with Crippen LogP contribution in [0.4, 0.5) is 18.9 Å². The van der Waals surface area contributed by atoms with E-state index in [0.29, 0.717) is 5.02 Å². The maximum atomic E-state index is 12.4. The molecule has 0 saturated carbocycles. The van der Waals surface area contributed by atoms with Gasteiger partial charge in [0.15, 0.2) is 5.71 Å². The van der Waals surface area contributed by atoms with Crippen molar-refractivity contribution in [2.24, 2.45) is 5.10 Å². The van der Waals surface area contributed by atoms with Gasteiger partial charge in [0.25, 0.3) is 5.91 Å². The van der Waals surface area contributed by atoms with Crippen LogP contribution in [0.25, 0.3) is 0 Å². The second kappa shape index (κ2) is 4.03. The quantitative estimate of drug-likeness (QED) is 0.766. The van der Waals surface area contributed by atoms with Gasteiger partial charge in [0, 0.05) is 5.02 Å². The Balaban J connectivity index is 2.31. The standard InChI is InChI=1S/C10H6ClF3N2O/c11-6-1-3-7(4-2-6)16-9(17)5-8(15-16)10(12,13)14/h1-4H,5H2. The summed E-state index contributed by atoms with van der Waals surface area (Å²) in [5.74, 6) is -0.709. The van der Waals surface area contributed by atoms with Crippen molar-refractivity contribution in [1.82, 2.24) is 0 Å². The first-order chi connectivity index (χ1) is 7.88. The Kier molecular flexibility index (Phi) is 2.82. The molecule has 17 heavy (non-hydrogen) atoms. The highest BCUT2D eigenvalue weighted by Gasteiger charge is 2.42. The van der Waals surface area contributed by atoms with Crippen molar-refractivity contribution in [3.8, 4) is 0 Å². The molecule has 1 aromatic carbocycles. The van der Waals surface area contributed by atoms with Crippen LogP contribution in [0.2, 0.25) is 5.02 Å². The third kappa shape index (κ3) is 2.41. The SMILES string of the molecule is O=C1CC(C(F)(F)F)=NN1c1ccc(Cl)cc1. The van der Waals surface area contributed by atoms with Crippen molar-refractivity contribution in [1.29, 1.82) is 0 Å². The fraction of sp³-hybridized carbons (Fsp3) is 0.200. The number of halogens is 4. The molecule has 1 heterocycles. The lowest BCUT2D eigenvalue weighted by atomic mass is 10.2. The minimum Gasteiger partial charge on any atom is -0.272 e. The molecule has 2 rings (SSSR count). The molecule has 3 nitrogen and oxygen atoms in total. The fourth-order valence-corrected chi connectivity index (χ4v) is 1.50. The van der Waals surface area contributed by atoms with Crippen LogP contribution in [-0.4, -0.2) is 17.8 Å². The van der Waals surface area contributed by atoms with Gasteiger partial charge in [0.05, 0.1) is 12.1 Å². The Labute approximate surface area is 99.5 Å². The van der Waals surface area contributed by atoms with E-state index >= 15 is 0 Å². The second-order valence-electron chi connectivity index (χ2n) is 3.40. The lowest BCUT2D eigenvalue weighted by molar-refractivity contribution is -0.117. The lowest BCUT2D eigenvalue weighted by Gasteiger charge is -2.11. The van der Waals surface area contributed by atoms with Crippen LogP contribution in [0.1, 0.15) is 6.42 Å². The molecule has 1 amide bonds. The average Bonchev–Trinajstić information content (AvgIpc) is 2.61. The molecule has 0 unspecified atom stereocenters.